The molecule has 0 saturated heterocycles. The summed E-state index contributed by atoms with van der Waals surface area (Å²) in [7, 11) is 0. The number of thiophene rings is 1. The van der Waals surface area contributed by atoms with Gasteiger partial charge in [-0.1, -0.05) is 25.4 Å². The number of hydrogen-bond acceptors (Lipinski definition) is 2. The van der Waals surface area contributed by atoms with Crippen molar-refractivity contribution in [2.24, 2.45) is 5.73 Å². The van der Waals surface area contributed by atoms with Crippen molar-refractivity contribution in [2.75, 3.05) is 6.54 Å². The number of halogens is 1. The van der Waals surface area contributed by atoms with Crippen molar-refractivity contribution in [3.8, 4) is 0 Å². The van der Waals surface area contributed by atoms with Crippen LogP contribution in [0.2, 0.25) is 4.34 Å². The van der Waals surface area contributed by atoms with Crippen LogP contribution in [0, 0.1) is 6.92 Å². The quantitative estimate of drug-likeness (QED) is 0.826. The first-order valence-corrected chi connectivity index (χ1v) is 5.63. The zero-order valence-corrected chi connectivity index (χ0v) is 9.93. The zero-order valence-electron chi connectivity index (χ0n) is 8.36. The highest BCUT2D eigenvalue weighted by molar-refractivity contribution is 7.16. The van der Waals surface area contributed by atoms with E-state index in [0.29, 0.717) is 0 Å². The minimum atomic E-state index is 0.164. The summed E-state index contributed by atoms with van der Waals surface area (Å²) >= 11 is 7.69. The molecule has 1 nitrogen and oxygen atoms in total. The van der Waals surface area contributed by atoms with E-state index in [-0.39, 0.29) is 5.41 Å². The van der Waals surface area contributed by atoms with Gasteiger partial charge in [0.1, 0.15) is 0 Å². The highest BCUT2D eigenvalue weighted by Gasteiger charge is 2.22. The minimum Gasteiger partial charge on any atom is -0.330 e. The Morgan fingerprint density at radius 2 is 2.15 bits per heavy atom. The van der Waals surface area contributed by atoms with E-state index in [2.05, 4.69) is 19.9 Å². The normalized spacial score (nSPS) is 12.1. The molecule has 1 heterocycles. The highest BCUT2D eigenvalue weighted by atomic mass is 35.5. The van der Waals surface area contributed by atoms with E-state index in [4.69, 9.17) is 17.3 Å². The van der Waals surface area contributed by atoms with Gasteiger partial charge < -0.3 is 5.73 Å². The van der Waals surface area contributed by atoms with Crippen LogP contribution in [0.4, 0.5) is 0 Å². The van der Waals surface area contributed by atoms with E-state index in [0.717, 1.165) is 17.3 Å². The number of nitrogens with two attached hydrogens (primary N) is 1. The highest BCUT2D eigenvalue weighted by Crippen LogP contribution is 2.36. The van der Waals surface area contributed by atoms with Gasteiger partial charge in [-0.25, -0.2) is 0 Å². The Hall–Kier alpha value is -0.0500. The van der Waals surface area contributed by atoms with Crippen LogP contribution in [0.1, 0.15) is 30.7 Å². The molecular weight excluding hydrogens is 202 g/mol. The molecule has 1 aromatic rings. The van der Waals surface area contributed by atoms with Crippen LogP contribution < -0.4 is 5.73 Å². The predicted molar refractivity (Wildman–Crippen MR) is 60.8 cm³/mol. The third-order valence-corrected chi connectivity index (χ3v) is 4.21. The molecule has 74 valence electrons. The van der Waals surface area contributed by atoms with E-state index in [1.54, 1.807) is 11.3 Å². The molecule has 0 unspecified atom stereocenters. The van der Waals surface area contributed by atoms with Gasteiger partial charge in [-0.15, -0.1) is 11.3 Å². The van der Waals surface area contributed by atoms with Crippen molar-refractivity contribution < 1.29 is 0 Å². The maximum Gasteiger partial charge on any atom is 0.0960 e. The van der Waals surface area contributed by atoms with Crippen LogP contribution in [-0.4, -0.2) is 6.54 Å². The smallest absolute Gasteiger partial charge is 0.0960 e. The van der Waals surface area contributed by atoms with Crippen molar-refractivity contribution in [1.29, 1.82) is 0 Å². The summed E-state index contributed by atoms with van der Waals surface area (Å²) in [6.07, 6.45) is 1.00. The van der Waals surface area contributed by atoms with Crippen molar-refractivity contribution in [2.45, 2.75) is 32.6 Å². The number of hydrogen-bond donors (Lipinski definition) is 1. The fourth-order valence-electron chi connectivity index (χ4n) is 1.28. The number of aryl methyl sites for hydroxylation is 1. The molecular formula is C10H16ClNS. The second kappa shape index (κ2) is 3.99. The summed E-state index contributed by atoms with van der Waals surface area (Å²) in [5.74, 6) is 0. The van der Waals surface area contributed by atoms with Gasteiger partial charge in [0.2, 0.25) is 0 Å². The van der Waals surface area contributed by atoms with Gasteiger partial charge in [0.15, 0.2) is 0 Å². The van der Waals surface area contributed by atoms with E-state index in [1.807, 2.05) is 6.92 Å². The topological polar surface area (TPSA) is 26.0 Å². The van der Waals surface area contributed by atoms with Gasteiger partial charge in [-0.05, 0) is 31.5 Å². The van der Waals surface area contributed by atoms with Crippen LogP contribution >= 0.6 is 22.9 Å². The fraction of sp³-hybridized carbons (Fsp3) is 0.600. The molecule has 0 aliphatic carbocycles. The minimum absolute atomic E-state index is 0.164. The Bertz CT molecular complexity index is 272. The van der Waals surface area contributed by atoms with E-state index >= 15 is 0 Å². The van der Waals surface area contributed by atoms with Crippen molar-refractivity contribution in [3.05, 3.63) is 20.8 Å². The summed E-state index contributed by atoms with van der Waals surface area (Å²) < 4.78 is 0.903. The van der Waals surface area contributed by atoms with Gasteiger partial charge in [0, 0.05) is 10.3 Å². The molecule has 1 aromatic heterocycles. The standard InChI is InChI=1S/C10H16ClNS/c1-7-6-8(13-9(7)11)10(2,3)4-5-12/h6H,4-5,12H2,1-3H3. The summed E-state index contributed by atoms with van der Waals surface area (Å²) in [6.45, 7) is 7.19. The molecule has 13 heavy (non-hydrogen) atoms. The second-order valence-corrected chi connectivity index (χ2v) is 5.64. The Kier molecular flexibility index (Phi) is 3.38. The molecule has 0 spiro atoms. The average molecular weight is 218 g/mol. The Morgan fingerprint density at radius 1 is 1.54 bits per heavy atom. The Balaban J connectivity index is 2.93. The molecule has 0 bridgehead atoms. The summed E-state index contributed by atoms with van der Waals surface area (Å²) in [4.78, 5) is 1.33. The van der Waals surface area contributed by atoms with E-state index < -0.39 is 0 Å². The SMILES string of the molecule is Cc1cc(C(C)(C)CCN)sc1Cl. The van der Waals surface area contributed by atoms with Crippen LogP contribution in [0.3, 0.4) is 0 Å². The van der Waals surface area contributed by atoms with E-state index in [9.17, 15) is 0 Å². The van der Waals surface area contributed by atoms with Crippen molar-refractivity contribution in [1.82, 2.24) is 0 Å². The zero-order chi connectivity index (χ0) is 10.1. The molecule has 1 rings (SSSR count). The monoisotopic (exact) mass is 217 g/mol. The van der Waals surface area contributed by atoms with E-state index in [1.165, 1.54) is 10.4 Å². The molecule has 3 heteroatoms. The van der Waals surface area contributed by atoms with Gasteiger partial charge in [-0.3, -0.25) is 0 Å². The molecule has 0 amide bonds. The molecule has 0 radical (unpaired) electrons. The third kappa shape index (κ3) is 2.46. The molecule has 0 saturated carbocycles. The second-order valence-electron chi connectivity index (χ2n) is 3.99. The lowest BCUT2D eigenvalue weighted by Gasteiger charge is -2.21. The maximum atomic E-state index is 6.02. The van der Waals surface area contributed by atoms with Gasteiger partial charge in [0.05, 0.1) is 4.34 Å². The lowest BCUT2D eigenvalue weighted by Crippen LogP contribution is -2.20. The maximum absolute atomic E-state index is 6.02. The van der Waals surface area contributed by atoms with Crippen LogP contribution in [0.25, 0.3) is 0 Å². The van der Waals surface area contributed by atoms with Gasteiger partial charge in [0.25, 0.3) is 0 Å². The summed E-state index contributed by atoms with van der Waals surface area (Å²) in [6, 6.07) is 2.17. The lowest BCUT2D eigenvalue weighted by molar-refractivity contribution is 0.497. The van der Waals surface area contributed by atoms with Crippen LogP contribution in [-0.2, 0) is 5.41 Å². The van der Waals surface area contributed by atoms with Crippen LogP contribution in [0.5, 0.6) is 0 Å². The molecule has 2 N–H and O–H groups in total. The van der Waals surface area contributed by atoms with Crippen LogP contribution in [0.15, 0.2) is 6.07 Å². The van der Waals surface area contributed by atoms with Crippen molar-refractivity contribution >= 4 is 22.9 Å². The molecule has 0 aliphatic rings. The first-order chi connectivity index (χ1) is 5.97. The largest absolute Gasteiger partial charge is 0.330 e. The molecule has 0 fully saturated rings. The Labute approximate surface area is 88.9 Å². The molecule has 0 aliphatic heterocycles. The van der Waals surface area contributed by atoms with Gasteiger partial charge in [-0.2, -0.15) is 0 Å². The molecule has 0 atom stereocenters. The first-order valence-electron chi connectivity index (χ1n) is 4.44. The van der Waals surface area contributed by atoms with Gasteiger partial charge >= 0.3 is 0 Å². The molecule has 0 aromatic carbocycles. The predicted octanol–water partition coefficient (Wildman–Crippen LogP) is 3.34. The lowest BCUT2D eigenvalue weighted by atomic mass is 9.87. The summed E-state index contributed by atoms with van der Waals surface area (Å²) in [5, 5.41) is 0. The Morgan fingerprint density at radius 3 is 2.54 bits per heavy atom. The first kappa shape index (κ1) is 11.0. The fourth-order valence-corrected chi connectivity index (χ4v) is 2.61. The average Bonchev–Trinajstić information content (AvgIpc) is 2.33. The number of rotatable bonds is 3. The third-order valence-electron chi connectivity index (χ3n) is 2.29. The van der Waals surface area contributed by atoms with Crippen molar-refractivity contribution in [3.63, 3.8) is 0 Å². The summed E-state index contributed by atoms with van der Waals surface area (Å²) in [5.41, 5.74) is 6.91.